The highest BCUT2D eigenvalue weighted by molar-refractivity contribution is 5.75. The van der Waals surface area contributed by atoms with Crippen molar-refractivity contribution < 1.29 is 14.6 Å². The Morgan fingerprint density at radius 2 is 2.25 bits per heavy atom. The molecule has 0 aliphatic rings. The molecule has 72 valence electrons. The summed E-state index contributed by atoms with van der Waals surface area (Å²) in [5, 5.41) is 9.21. The largest absolute Gasteiger partial charge is 0.467 e. The lowest BCUT2D eigenvalue weighted by molar-refractivity contribution is -0.151. The van der Waals surface area contributed by atoms with Crippen molar-refractivity contribution in [1.82, 2.24) is 0 Å². The van der Waals surface area contributed by atoms with Gasteiger partial charge in [-0.3, -0.25) is 0 Å². The van der Waals surface area contributed by atoms with Gasteiger partial charge in [-0.15, -0.1) is 0 Å². The zero-order valence-corrected chi connectivity index (χ0v) is 7.62. The normalized spacial score (nSPS) is 15.3. The van der Waals surface area contributed by atoms with Crippen molar-refractivity contribution in [3.05, 3.63) is 0 Å². The van der Waals surface area contributed by atoms with Crippen LogP contribution in [0.5, 0.6) is 0 Å². The Balaban J connectivity index is 3.75. The van der Waals surface area contributed by atoms with E-state index in [-0.39, 0.29) is 0 Å². The number of aliphatic hydroxyl groups is 1. The molecule has 2 atom stereocenters. The van der Waals surface area contributed by atoms with E-state index < -0.39 is 18.1 Å². The third-order valence-corrected chi connectivity index (χ3v) is 1.74. The number of hydrogen-bond acceptors (Lipinski definition) is 4. The second-order valence-corrected chi connectivity index (χ2v) is 2.77. The van der Waals surface area contributed by atoms with Crippen LogP contribution < -0.4 is 5.73 Å². The molecule has 1 unspecified atom stereocenters. The van der Waals surface area contributed by atoms with Crippen molar-refractivity contribution in [2.45, 2.75) is 38.3 Å². The third-order valence-electron chi connectivity index (χ3n) is 1.74. The summed E-state index contributed by atoms with van der Waals surface area (Å²) in [5.41, 5.74) is 5.53. The Labute approximate surface area is 72.7 Å². The van der Waals surface area contributed by atoms with E-state index in [1.807, 2.05) is 6.92 Å². The van der Waals surface area contributed by atoms with Crippen LogP contribution >= 0.6 is 0 Å². The van der Waals surface area contributed by atoms with Crippen LogP contribution in [0.2, 0.25) is 0 Å². The summed E-state index contributed by atoms with van der Waals surface area (Å²) in [6.07, 6.45) is 1.38. The van der Waals surface area contributed by atoms with Crippen molar-refractivity contribution in [3.8, 4) is 0 Å². The first-order chi connectivity index (χ1) is 5.63. The predicted molar refractivity (Wildman–Crippen MR) is 45.5 cm³/mol. The number of rotatable bonds is 5. The molecule has 0 spiro atoms. The number of nitrogens with two attached hydrogens (primary N) is 1. The molecule has 4 nitrogen and oxygen atoms in total. The molecule has 0 rings (SSSR count). The lowest BCUT2D eigenvalue weighted by Gasteiger charge is -2.15. The highest BCUT2D eigenvalue weighted by atomic mass is 16.5. The van der Waals surface area contributed by atoms with E-state index in [2.05, 4.69) is 4.74 Å². The summed E-state index contributed by atoms with van der Waals surface area (Å²) in [4.78, 5) is 10.8. The molecular formula is C8H17NO3. The number of ether oxygens (including phenoxy) is 1. The Kier molecular flexibility index (Phi) is 5.66. The zero-order valence-electron chi connectivity index (χ0n) is 7.62. The summed E-state index contributed by atoms with van der Waals surface area (Å²) < 4.78 is 4.34. The van der Waals surface area contributed by atoms with Crippen LogP contribution in [0, 0.1) is 0 Å². The highest BCUT2D eigenvalue weighted by Crippen LogP contribution is 2.03. The van der Waals surface area contributed by atoms with Crippen LogP contribution in [0.4, 0.5) is 0 Å². The average molecular weight is 175 g/mol. The number of hydrogen-bond donors (Lipinski definition) is 2. The molecule has 0 aliphatic carbocycles. The molecule has 3 N–H and O–H groups in total. The zero-order chi connectivity index (χ0) is 9.56. The van der Waals surface area contributed by atoms with Crippen LogP contribution in [-0.4, -0.2) is 30.3 Å². The Bertz CT molecular complexity index is 138. The second-order valence-electron chi connectivity index (χ2n) is 2.77. The van der Waals surface area contributed by atoms with E-state index in [0.717, 1.165) is 12.8 Å². The molecule has 0 saturated heterocycles. The van der Waals surface area contributed by atoms with Crippen LogP contribution in [0.25, 0.3) is 0 Å². The quantitative estimate of drug-likeness (QED) is 0.578. The van der Waals surface area contributed by atoms with Gasteiger partial charge >= 0.3 is 5.97 Å². The van der Waals surface area contributed by atoms with E-state index in [9.17, 15) is 9.90 Å². The van der Waals surface area contributed by atoms with Gasteiger partial charge < -0.3 is 15.6 Å². The van der Waals surface area contributed by atoms with Crippen molar-refractivity contribution >= 4 is 5.97 Å². The lowest BCUT2D eigenvalue weighted by Crippen LogP contribution is -2.41. The van der Waals surface area contributed by atoms with E-state index in [1.165, 1.54) is 7.11 Å². The summed E-state index contributed by atoms with van der Waals surface area (Å²) in [7, 11) is 1.23. The van der Waals surface area contributed by atoms with Crippen molar-refractivity contribution in [2.24, 2.45) is 5.73 Å². The minimum atomic E-state index is -1.18. The van der Waals surface area contributed by atoms with Gasteiger partial charge in [-0.25, -0.2) is 4.79 Å². The fourth-order valence-electron chi connectivity index (χ4n) is 0.893. The Morgan fingerprint density at radius 1 is 1.67 bits per heavy atom. The van der Waals surface area contributed by atoms with Gasteiger partial charge in [0.15, 0.2) is 6.10 Å². The Morgan fingerprint density at radius 3 is 2.67 bits per heavy atom. The molecule has 0 aromatic rings. The molecule has 0 radical (unpaired) electrons. The second kappa shape index (κ2) is 5.97. The van der Waals surface area contributed by atoms with Crippen LogP contribution in [0.1, 0.15) is 26.2 Å². The predicted octanol–water partition coefficient (Wildman–Crippen LogP) is 0.0378. The fraction of sp³-hybridized carbons (Fsp3) is 0.875. The molecular weight excluding hydrogens is 158 g/mol. The molecule has 0 aromatic heterocycles. The molecule has 0 bridgehead atoms. The van der Waals surface area contributed by atoms with Gasteiger partial charge in [0, 0.05) is 6.04 Å². The first kappa shape index (κ1) is 11.4. The number of methoxy groups -OCH3 is 1. The third kappa shape index (κ3) is 3.69. The Hall–Kier alpha value is -0.610. The molecule has 0 saturated carbocycles. The number of carbonyl (C=O) groups is 1. The number of carbonyl (C=O) groups excluding carboxylic acids is 1. The van der Waals surface area contributed by atoms with Crippen LogP contribution in [0.15, 0.2) is 0 Å². The summed E-state index contributed by atoms with van der Waals surface area (Å²) in [6, 6.07) is -0.502. The van der Waals surface area contributed by atoms with Gasteiger partial charge in [-0.1, -0.05) is 19.8 Å². The maximum Gasteiger partial charge on any atom is 0.336 e. The maximum atomic E-state index is 10.8. The topological polar surface area (TPSA) is 72.5 Å². The maximum absolute atomic E-state index is 10.8. The molecule has 0 aromatic carbocycles. The standard InChI is InChI=1S/C8H17NO3/c1-3-4-5-6(9)7(10)8(11)12-2/h6-7,10H,3-5,9H2,1-2H3/t6-,7?/m0/s1. The molecule has 12 heavy (non-hydrogen) atoms. The summed E-state index contributed by atoms with van der Waals surface area (Å²) in [5.74, 6) is -0.654. The molecule has 4 heteroatoms. The minimum absolute atomic E-state index is 0.502. The van der Waals surface area contributed by atoms with Crippen LogP contribution in [0.3, 0.4) is 0 Å². The first-order valence-corrected chi connectivity index (χ1v) is 4.15. The number of aliphatic hydroxyl groups excluding tert-OH is 1. The lowest BCUT2D eigenvalue weighted by atomic mass is 10.1. The first-order valence-electron chi connectivity index (χ1n) is 4.15. The number of unbranched alkanes of at least 4 members (excludes halogenated alkanes) is 1. The van der Waals surface area contributed by atoms with Gasteiger partial charge in [-0.2, -0.15) is 0 Å². The van der Waals surface area contributed by atoms with Gasteiger partial charge in [0.2, 0.25) is 0 Å². The van der Waals surface area contributed by atoms with E-state index in [4.69, 9.17) is 5.73 Å². The summed E-state index contributed by atoms with van der Waals surface area (Å²) >= 11 is 0. The molecule has 0 aliphatic heterocycles. The SMILES string of the molecule is CCCC[C@H](N)C(O)C(=O)OC. The van der Waals surface area contributed by atoms with E-state index in [0.29, 0.717) is 6.42 Å². The monoisotopic (exact) mass is 175 g/mol. The van der Waals surface area contributed by atoms with Gasteiger partial charge in [-0.05, 0) is 6.42 Å². The van der Waals surface area contributed by atoms with Crippen molar-refractivity contribution in [3.63, 3.8) is 0 Å². The fourth-order valence-corrected chi connectivity index (χ4v) is 0.893. The minimum Gasteiger partial charge on any atom is -0.467 e. The summed E-state index contributed by atoms with van der Waals surface area (Å²) in [6.45, 7) is 2.03. The molecule has 0 fully saturated rings. The van der Waals surface area contributed by atoms with Gasteiger partial charge in [0.25, 0.3) is 0 Å². The molecule has 0 heterocycles. The van der Waals surface area contributed by atoms with E-state index in [1.54, 1.807) is 0 Å². The smallest absolute Gasteiger partial charge is 0.336 e. The van der Waals surface area contributed by atoms with Gasteiger partial charge in [0.05, 0.1) is 7.11 Å². The van der Waals surface area contributed by atoms with Crippen LogP contribution in [-0.2, 0) is 9.53 Å². The molecule has 0 amide bonds. The van der Waals surface area contributed by atoms with E-state index >= 15 is 0 Å². The van der Waals surface area contributed by atoms with Gasteiger partial charge in [0.1, 0.15) is 0 Å². The number of esters is 1. The van der Waals surface area contributed by atoms with Crippen molar-refractivity contribution in [2.75, 3.05) is 7.11 Å². The average Bonchev–Trinajstić information content (AvgIpc) is 2.11. The van der Waals surface area contributed by atoms with Crippen molar-refractivity contribution in [1.29, 1.82) is 0 Å². The highest BCUT2D eigenvalue weighted by Gasteiger charge is 2.22.